The van der Waals surface area contributed by atoms with Crippen molar-refractivity contribution in [1.82, 2.24) is 0 Å². The Morgan fingerprint density at radius 2 is 0.946 bits per heavy atom. The van der Waals surface area contributed by atoms with Gasteiger partial charge in [0, 0.05) is 11.1 Å². The third kappa shape index (κ3) is 7.08. The van der Waals surface area contributed by atoms with E-state index in [9.17, 15) is 19.2 Å². The molecule has 6 heteroatoms. The van der Waals surface area contributed by atoms with Gasteiger partial charge in [-0.2, -0.15) is 0 Å². The first-order valence-electron chi connectivity index (χ1n) is 11.9. The Balaban J connectivity index is 1.42. The fourth-order valence-corrected chi connectivity index (χ4v) is 4.05. The van der Waals surface area contributed by atoms with Gasteiger partial charge in [-0.25, -0.2) is 0 Å². The maximum atomic E-state index is 12.4. The van der Waals surface area contributed by atoms with E-state index in [0.717, 1.165) is 22.3 Å². The van der Waals surface area contributed by atoms with Crippen LogP contribution in [0.2, 0.25) is 0 Å². The molecule has 0 fully saturated rings. The number of hydrogen-bond donors (Lipinski definition) is 2. The van der Waals surface area contributed by atoms with Crippen LogP contribution >= 0.6 is 0 Å². The van der Waals surface area contributed by atoms with Gasteiger partial charge in [-0.15, -0.1) is 0 Å². The molecule has 0 aliphatic carbocycles. The minimum Gasteiger partial charge on any atom is -0.325 e. The quantitative estimate of drug-likeness (QED) is 0.297. The molecule has 0 aromatic heterocycles. The SMILES string of the molecule is O=Cc1cc(Cc2ccc(NC(=O)Cc3ccccc3)c(C=O)c2)ccc1NC(=O)Cc1ccccc1. The third-order valence-corrected chi connectivity index (χ3v) is 5.86. The summed E-state index contributed by atoms with van der Waals surface area (Å²) in [7, 11) is 0. The predicted octanol–water partition coefficient (Wildman–Crippen LogP) is 5.26. The molecule has 2 amide bonds. The van der Waals surface area contributed by atoms with E-state index in [1.165, 1.54) is 0 Å². The number of nitrogens with one attached hydrogen (secondary N) is 2. The maximum absolute atomic E-state index is 12.4. The van der Waals surface area contributed by atoms with E-state index < -0.39 is 0 Å². The van der Waals surface area contributed by atoms with Crippen LogP contribution in [0.1, 0.15) is 43.0 Å². The number of hydrogen-bond acceptors (Lipinski definition) is 4. The first-order chi connectivity index (χ1) is 18.0. The predicted molar refractivity (Wildman–Crippen MR) is 144 cm³/mol. The number of rotatable bonds is 10. The average Bonchev–Trinajstić information content (AvgIpc) is 2.91. The summed E-state index contributed by atoms with van der Waals surface area (Å²) in [5.74, 6) is -0.412. The minimum atomic E-state index is -0.206. The van der Waals surface area contributed by atoms with E-state index in [1.807, 2.05) is 72.8 Å². The molecule has 0 aliphatic rings. The summed E-state index contributed by atoms with van der Waals surface area (Å²) >= 11 is 0. The van der Waals surface area contributed by atoms with Gasteiger partial charge in [-0.3, -0.25) is 19.2 Å². The van der Waals surface area contributed by atoms with Crippen molar-refractivity contribution in [2.75, 3.05) is 10.6 Å². The Labute approximate surface area is 215 Å². The number of anilines is 2. The van der Waals surface area contributed by atoms with Gasteiger partial charge in [-0.1, -0.05) is 72.8 Å². The smallest absolute Gasteiger partial charge is 0.228 e. The molecule has 0 spiro atoms. The van der Waals surface area contributed by atoms with Gasteiger partial charge < -0.3 is 10.6 Å². The third-order valence-electron chi connectivity index (χ3n) is 5.86. The second-order valence-corrected chi connectivity index (χ2v) is 8.68. The van der Waals surface area contributed by atoms with E-state index in [4.69, 9.17) is 0 Å². The van der Waals surface area contributed by atoms with Crippen molar-refractivity contribution in [3.8, 4) is 0 Å². The molecular weight excluding hydrogens is 464 g/mol. The van der Waals surface area contributed by atoms with Crippen molar-refractivity contribution in [1.29, 1.82) is 0 Å². The normalized spacial score (nSPS) is 10.4. The van der Waals surface area contributed by atoms with Crippen molar-refractivity contribution in [3.05, 3.63) is 130 Å². The van der Waals surface area contributed by atoms with Gasteiger partial charge in [0.2, 0.25) is 11.8 Å². The van der Waals surface area contributed by atoms with Crippen LogP contribution in [0, 0.1) is 0 Å². The fraction of sp³-hybridized carbons (Fsp3) is 0.0968. The summed E-state index contributed by atoms with van der Waals surface area (Å²) in [5.41, 5.74) is 5.11. The molecule has 4 aromatic rings. The molecular formula is C31H26N2O4. The molecule has 2 N–H and O–H groups in total. The lowest BCUT2D eigenvalue weighted by Crippen LogP contribution is -2.16. The van der Waals surface area contributed by atoms with Gasteiger partial charge >= 0.3 is 0 Å². The molecule has 0 saturated carbocycles. The summed E-state index contributed by atoms with van der Waals surface area (Å²) in [5, 5.41) is 5.61. The van der Waals surface area contributed by atoms with Crippen LogP contribution in [-0.4, -0.2) is 24.4 Å². The molecule has 0 heterocycles. The monoisotopic (exact) mass is 490 g/mol. The summed E-state index contributed by atoms with van der Waals surface area (Å²) in [6.45, 7) is 0. The molecule has 0 aliphatic heterocycles. The highest BCUT2D eigenvalue weighted by Crippen LogP contribution is 2.22. The highest BCUT2D eigenvalue weighted by molar-refractivity contribution is 5.98. The van der Waals surface area contributed by atoms with E-state index in [2.05, 4.69) is 10.6 Å². The maximum Gasteiger partial charge on any atom is 0.228 e. The summed E-state index contributed by atoms with van der Waals surface area (Å²) < 4.78 is 0. The highest BCUT2D eigenvalue weighted by Gasteiger charge is 2.11. The Bertz CT molecular complexity index is 1310. The molecule has 6 nitrogen and oxygen atoms in total. The molecule has 4 aromatic carbocycles. The molecule has 0 bridgehead atoms. The minimum absolute atomic E-state index is 0.206. The highest BCUT2D eigenvalue weighted by atomic mass is 16.2. The van der Waals surface area contributed by atoms with Gasteiger partial charge in [0.15, 0.2) is 12.6 Å². The van der Waals surface area contributed by atoms with Gasteiger partial charge in [0.1, 0.15) is 0 Å². The Hall–Kier alpha value is -4.84. The first-order valence-corrected chi connectivity index (χ1v) is 11.9. The molecule has 0 radical (unpaired) electrons. The summed E-state index contributed by atoms with van der Waals surface area (Å²) in [4.78, 5) is 48.3. The van der Waals surface area contributed by atoms with E-state index in [1.54, 1.807) is 24.3 Å². The van der Waals surface area contributed by atoms with Crippen molar-refractivity contribution in [2.45, 2.75) is 19.3 Å². The number of carbonyl (C=O) groups is 4. The second-order valence-electron chi connectivity index (χ2n) is 8.68. The number of aldehydes is 2. The Morgan fingerprint density at radius 1 is 0.541 bits per heavy atom. The molecule has 0 saturated heterocycles. The number of amides is 2. The van der Waals surface area contributed by atoms with E-state index >= 15 is 0 Å². The molecule has 37 heavy (non-hydrogen) atoms. The van der Waals surface area contributed by atoms with Crippen LogP contribution in [0.5, 0.6) is 0 Å². The summed E-state index contributed by atoms with van der Waals surface area (Å²) in [6.07, 6.45) is 2.32. The van der Waals surface area contributed by atoms with Crippen LogP contribution in [0.4, 0.5) is 11.4 Å². The van der Waals surface area contributed by atoms with Crippen molar-refractivity contribution in [3.63, 3.8) is 0 Å². The van der Waals surface area contributed by atoms with E-state index in [0.29, 0.717) is 41.5 Å². The number of benzene rings is 4. The molecule has 0 atom stereocenters. The summed E-state index contributed by atoms with van der Waals surface area (Å²) in [6, 6.07) is 29.3. The Kier molecular flexibility index (Phi) is 8.34. The van der Waals surface area contributed by atoms with Crippen LogP contribution in [0.25, 0.3) is 0 Å². The zero-order valence-corrected chi connectivity index (χ0v) is 20.1. The van der Waals surface area contributed by atoms with Crippen molar-refractivity contribution in [2.24, 2.45) is 0 Å². The largest absolute Gasteiger partial charge is 0.325 e. The van der Waals surface area contributed by atoms with Gasteiger partial charge in [0.25, 0.3) is 0 Å². The standard InChI is InChI=1S/C31H26N2O4/c34-20-26-16-24(11-13-28(26)32-30(36)18-22-7-3-1-4-8-22)15-25-12-14-29(27(17-25)21-35)33-31(37)19-23-9-5-2-6-10-23/h1-14,16-17,20-21H,15,18-19H2,(H,32,36)(H,33,37). The van der Waals surface area contributed by atoms with Crippen LogP contribution < -0.4 is 10.6 Å². The van der Waals surface area contributed by atoms with Crippen LogP contribution in [0.15, 0.2) is 97.1 Å². The van der Waals surface area contributed by atoms with Gasteiger partial charge in [-0.05, 0) is 52.9 Å². The zero-order valence-electron chi connectivity index (χ0n) is 20.1. The molecule has 4 rings (SSSR count). The average molecular weight is 491 g/mol. The first kappa shape index (κ1) is 25.3. The lowest BCUT2D eigenvalue weighted by atomic mass is 9.99. The van der Waals surface area contributed by atoms with Crippen LogP contribution in [-0.2, 0) is 28.9 Å². The lowest BCUT2D eigenvalue weighted by Gasteiger charge is -2.12. The zero-order chi connectivity index (χ0) is 26.0. The molecule has 184 valence electrons. The van der Waals surface area contributed by atoms with Crippen LogP contribution in [0.3, 0.4) is 0 Å². The number of carbonyl (C=O) groups excluding carboxylic acids is 4. The molecule has 0 unspecified atom stereocenters. The lowest BCUT2D eigenvalue weighted by molar-refractivity contribution is -0.116. The van der Waals surface area contributed by atoms with Gasteiger partial charge in [0.05, 0.1) is 24.2 Å². The van der Waals surface area contributed by atoms with Crippen molar-refractivity contribution < 1.29 is 19.2 Å². The fourth-order valence-electron chi connectivity index (χ4n) is 4.05. The van der Waals surface area contributed by atoms with E-state index in [-0.39, 0.29) is 24.7 Å². The van der Waals surface area contributed by atoms with Crippen molar-refractivity contribution >= 4 is 35.8 Å². The topological polar surface area (TPSA) is 92.3 Å². The Morgan fingerprint density at radius 3 is 1.32 bits per heavy atom. The second kappa shape index (κ2) is 12.2.